The Morgan fingerprint density at radius 3 is 1.87 bits per heavy atom. The lowest BCUT2D eigenvalue weighted by atomic mass is 10.2. The van der Waals surface area contributed by atoms with E-state index in [0.717, 1.165) is 0 Å². The highest BCUT2D eigenvalue weighted by molar-refractivity contribution is 4.81. The first-order chi connectivity index (χ1) is 7.31. The molecule has 1 aliphatic rings. The molecule has 1 heterocycles. The molecule has 0 bridgehead atoms. The molecule has 1 aliphatic heterocycles. The molecule has 1 fully saturated rings. The highest BCUT2D eigenvalue weighted by Gasteiger charge is 2.33. The summed E-state index contributed by atoms with van der Waals surface area (Å²) in [5.41, 5.74) is 16.4. The third kappa shape index (κ3) is 3.30. The maximum absolute atomic E-state index is 8.19. The fraction of sp³-hybridized carbons (Fsp3) is 1.00. The van der Waals surface area contributed by atoms with Gasteiger partial charge in [0.05, 0.1) is 25.3 Å². The molecule has 0 radical (unpaired) electrons. The van der Waals surface area contributed by atoms with Gasteiger partial charge in [-0.1, -0.05) is 17.2 Å². The molecule has 1 saturated heterocycles. The highest BCUT2D eigenvalue weighted by atomic mass is 16.7. The van der Waals surface area contributed by atoms with E-state index in [0.29, 0.717) is 6.42 Å². The van der Waals surface area contributed by atoms with Crippen molar-refractivity contribution in [3.63, 3.8) is 0 Å². The van der Waals surface area contributed by atoms with Crippen LogP contribution in [0.3, 0.4) is 0 Å². The van der Waals surface area contributed by atoms with Crippen molar-refractivity contribution in [3.05, 3.63) is 20.9 Å². The van der Waals surface area contributed by atoms with E-state index in [4.69, 9.17) is 20.5 Å². The van der Waals surface area contributed by atoms with E-state index in [1.165, 1.54) is 0 Å². The second kappa shape index (κ2) is 6.10. The number of ether oxygens (including phenoxy) is 2. The van der Waals surface area contributed by atoms with Gasteiger partial charge in [0, 0.05) is 9.82 Å². The zero-order valence-electron chi connectivity index (χ0n) is 8.35. The first kappa shape index (κ1) is 11.6. The van der Waals surface area contributed by atoms with Crippen LogP contribution in [-0.4, -0.2) is 31.6 Å². The van der Waals surface area contributed by atoms with E-state index in [1.54, 1.807) is 0 Å². The number of hydrogen-bond donors (Lipinski definition) is 0. The monoisotopic (exact) mass is 212 g/mol. The fourth-order valence-corrected chi connectivity index (χ4v) is 1.34. The Morgan fingerprint density at radius 2 is 1.53 bits per heavy atom. The standard InChI is InChI=1S/C7H12N6O2/c1-2-7-14-5(3-10-12-8)6(15-7)4-11-13-9/h5-7H,2-4H2,1H3/t5-,6-/m0/s1. The van der Waals surface area contributed by atoms with E-state index in [2.05, 4.69) is 20.1 Å². The average molecular weight is 212 g/mol. The molecule has 0 aromatic carbocycles. The van der Waals surface area contributed by atoms with Crippen LogP contribution in [0.15, 0.2) is 10.2 Å². The molecule has 2 atom stereocenters. The van der Waals surface area contributed by atoms with Crippen LogP contribution in [-0.2, 0) is 9.47 Å². The third-order valence-electron chi connectivity index (χ3n) is 2.05. The Kier molecular flexibility index (Phi) is 4.73. The van der Waals surface area contributed by atoms with Gasteiger partial charge in [-0.15, -0.1) is 0 Å². The maximum atomic E-state index is 8.19. The summed E-state index contributed by atoms with van der Waals surface area (Å²) in [6.07, 6.45) is -0.241. The summed E-state index contributed by atoms with van der Waals surface area (Å²) in [6, 6.07) is 0. The van der Waals surface area contributed by atoms with Gasteiger partial charge >= 0.3 is 0 Å². The van der Waals surface area contributed by atoms with Crippen LogP contribution >= 0.6 is 0 Å². The molecule has 15 heavy (non-hydrogen) atoms. The minimum absolute atomic E-state index is 0.193. The smallest absolute Gasteiger partial charge is 0.158 e. The number of nitrogens with zero attached hydrogens (tertiary/aromatic N) is 6. The van der Waals surface area contributed by atoms with Crippen molar-refractivity contribution in [1.29, 1.82) is 0 Å². The van der Waals surface area contributed by atoms with Crippen molar-refractivity contribution in [2.24, 2.45) is 10.2 Å². The topological polar surface area (TPSA) is 116 Å². The molecule has 0 amide bonds. The largest absolute Gasteiger partial charge is 0.347 e. The Labute approximate surface area is 86.4 Å². The SMILES string of the molecule is CCC1O[C@@H](CN=[N+]=[N-])[C@H](CN=[N+]=[N-])O1. The highest BCUT2D eigenvalue weighted by Crippen LogP contribution is 2.22. The Morgan fingerprint density at radius 1 is 1.07 bits per heavy atom. The molecular formula is C7H12N6O2. The van der Waals surface area contributed by atoms with Gasteiger partial charge in [0.25, 0.3) is 0 Å². The minimum Gasteiger partial charge on any atom is -0.347 e. The molecule has 0 aliphatic carbocycles. The average Bonchev–Trinajstić information content (AvgIpc) is 2.66. The van der Waals surface area contributed by atoms with Gasteiger partial charge in [0.15, 0.2) is 6.29 Å². The number of azide groups is 2. The van der Waals surface area contributed by atoms with E-state index in [1.807, 2.05) is 6.92 Å². The maximum Gasteiger partial charge on any atom is 0.158 e. The summed E-state index contributed by atoms with van der Waals surface area (Å²) in [5, 5.41) is 6.84. The van der Waals surface area contributed by atoms with Gasteiger partial charge < -0.3 is 9.47 Å². The first-order valence-corrected chi connectivity index (χ1v) is 4.64. The van der Waals surface area contributed by atoms with Crippen LogP contribution < -0.4 is 0 Å². The van der Waals surface area contributed by atoms with Crippen LogP contribution in [0.2, 0.25) is 0 Å². The summed E-state index contributed by atoms with van der Waals surface area (Å²) in [4.78, 5) is 5.30. The second-order valence-electron chi connectivity index (χ2n) is 3.01. The van der Waals surface area contributed by atoms with Crippen LogP contribution in [0.4, 0.5) is 0 Å². The van der Waals surface area contributed by atoms with E-state index >= 15 is 0 Å². The predicted octanol–water partition coefficient (Wildman–Crippen LogP) is 2.13. The third-order valence-corrected chi connectivity index (χ3v) is 2.05. The summed E-state index contributed by atoms with van der Waals surface area (Å²) in [5.74, 6) is 0. The zero-order valence-corrected chi connectivity index (χ0v) is 8.35. The van der Waals surface area contributed by atoms with Crippen molar-refractivity contribution >= 4 is 0 Å². The molecule has 0 spiro atoms. The summed E-state index contributed by atoms with van der Waals surface area (Å²) >= 11 is 0. The van der Waals surface area contributed by atoms with E-state index in [-0.39, 0.29) is 31.6 Å². The lowest BCUT2D eigenvalue weighted by molar-refractivity contribution is -0.0652. The molecule has 0 saturated carbocycles. The molecular weight excluding hydrogens is 200 g/mol. The second-order valence-corrected chi connectivity index (χ2v) is 3.01. The minimum atomic E-state index is -0.323. The summed E-state index contributed by atoms with van der Waals surface area (Å²) < 4.78 is 10.9. The van der Waals surface area contributed by atoms with Crippen LogP contribution in [0.5, 0.6) is 0 Å². The molecule has 82 valence electrons. The van der Waals surface area contributed by atoms with Crippen molar-refractivity contribution in [2.75, 3.05) is 13.1 Å². The molecule has 8 nitrogen and oxygen atoms in total. The Balaban J connectivity index is 2.55. The molecule has 0 N–H and O–H groups in total. The van der Waals surface area contributed by atoms with Crippen LogP contribution in [0.1, 0.15) is 13.3 Å². The lowest BCUT2D eigenvalue weighted by Gasteiger charge is -2.10. The summed E-state index contributed by atoms with van der Waals surface area (Å²) in [7, 11) is 0. The normalized spacial score (nSPS) is 29.3. The quantitative estimate of drug-likeness (QED) is 0.394. The predicted molar refractivity (Wildman–Crippen MR) is 51.9 cm³/mol. The van der Waals surface area contributed by atoms with Crippen molar-refractivity contribution < 1.29 is 9.47 Å². The number of rotatable bonds is 5. The van der Waals surface area contributed by atoms with Crippen molar-refractivity contribution in [3.8, 4) is 0 Å². The van der Waals surface area contributed by atoms with Crippen molar-refractivity contribution in [1.82, 2.24) is 0 Å². The summed E-state index contributed by atoms with van der Waals surface area (Å²) in [6.45, 7) is 2.31. The first-order valence-electron chi connectivity index (χ1n) is 4.64. The molecule has 8 heteroatoms. The van der Waals surface area contributed by atoms with Gasteiger partial charge in [0.2, 0.25) is 0 Å². The van der Waals surface area contributed by atoms with E-state index < -0.39 is 0 Å². The van der Waals surface area contributed by atoms with Crippen LogP contribution in [0, 0.1) is 0 Å². The Bertz CT molecular complexity index is 268. The van der Waals surface area contributed by atoms with E-state index in [9.17, 15) is 0 Å². The molecule has 0 unspecified atom stereocenters. The Hall–Kier alpha value is -1.46. The zero-order chi connectivity index (χ0) is 11.1. The van der Waals surface area contributed by atoms with Crippen LogP contribution in [0.25, 0.3) is 20.9 Å². The van der Waals surface area contributed by atoms with Gasteiger partial charge in [-0.2, -0.15) is 0 Å². The lowest BCUT2D eigenvalue weighted by Crippen LogP contribution is -2.27. The molecule has 0 aromatic rings. The van der Waals surface area contributed by atoms with Gasteiger partial charge in [0.1, 0.15) is 0 Å². The number of hydrogen-bond acceptors (Lipinski definition) is 4. The van der Waals surface area contributed by atoms with Gasteiger partial charge in [-0.05, 0) is 17.5 Å². The van der Waals surface area contributed by atoms with Gasteiger partial charge in [-0.3, -0.25) is 0 Å². The fourth-order valence-electron chi connectivity index (χ4n) is 1.34. The van der Waals surface area contributed by atoms with Gasteiger partial charge in [-0.25, -0.2) is 0 Å². The van der Waals surface area contributed by atoms with Crippen molar-refractivity contribution in [2.45, 2.75) is 31.8 Å². The molecule has 1 rings (SSSR count). The molecule has 0 aromatic heterocycles.